The highest BCUT2D eigenvalue weighted by atomic mass is 32.2. The maximum Gasteiger partial charge on any atom is 0.241 e. The number of nitrogens with zero attached hydrogens (tertiary/aromatic N) is 5. The number of aryl methyl sites for hydroxylation is 2. The summed E-state index contributed by atoms with van der Waals surface area (Å²) in [4.78, 5) is 4.14. The fourth-order valence-electron chi connectivity index (χ4n) is 1.84. The minimum absolute atomic E-state index is 0.0738. The van der Waals surface area contributed by atoms with Crippen molar-refractivity contribution < 1.29 is 8.42 Å². The molecular weight excluding hydrogens is 256 g/mol. The number of hydrogen-bond acceptors (Lipinski definition) is 5. The lowest BCUT2D eigenvalue weighted by molar-refractivity contribution is 0.587. The summed E-state index contributed by atoms with van der Waals surface area (Å²) in [5.41, 5.74) is 0.884. The van der Waals surface area contributed by atoms with E-state index in [0.29, 0.717) is 23.8 Å². The molecule has 2 heterocycles. The molecule has 0 saturated heterocycles. The predicted molar refractivity (Wildman–Crippen MR) is 63.2 cm³/mol. The molecule has 0 aliphatic rings. The summed E-state index contributed by atoms with van der Waals surface area (Å²) in [6.45, 7) is 3.62. The third-order valence-electron chi connectivity index (χ3n) is 2.70. The van der Waals surface area contributed by atoms with Crippen LogP contribution in [0, 0.1) is 13.8 Å². The van der Waals surface area contributed by atoms with Crippen LogP contribution in [0.4, 0.5) is 0 Å². The minimum Gasteiger partial charge on any atom is -0.261 e. The molecule has 0 aromatic carbocycles. The van der Waals surface area contributed by atoms with E-state index >= 15 is 0 Å². The Hall–Kier alpha value is -1.74. The first kappa shape index (κ1) is 12.7. The van der Waals surface area contributed by atoms with Crippen molar-refractivity contribution in [2.75, 3.05) is 0 Å². The molecule has 0 aliphatic carbocycles. The Morgan fingerprint density at radius 1 is 1.39 bits per heavy atom. The smallest absolute Gasteiger partial charge is 0.241 e. The van der Waals surface area contributed by atoms with E-state index in [1.54, 1.807) is 30.3 Å². The van der Waals surface area contributed by atoms with Crippen LogP contribution in [0.3, 0.4) is 0 Å². The Bertz CT molecular complexity index is 684. The summed E-state index contributed by atoms with van der Waals surface area (Å²) in [6, 6.07) is 0. The van der Waals surface area contributed by atoms with Crippen molar-refractivity contribution in [3.63, 3.8) is 0 Å². The highest BCUT2D eigenvalue weighted by Crippen LogP contribution is 2.18. The van der Waals surface area contributed by atoms with E-state index in [9.17, 15) is 8.42 Å². The number of sulfonamides is 1. The fraction of sp³-hybridized carbons (Fsp3) is 0.444. The van der Waals surface area contributed by atoms with Gasteiger partial charge in [0.2, 0.25) is 10.0 Å². The van der Waals surface area contributed by atoms with Crippen LogP contribution < -0.4 is 5.14 Å². The van der Waals surface area contributed by atoms with E-state index in [-0.39, 0.29) is 4.90 Å². The van der Waals surface area contributed by atoms with Crippen LogP contribution in [0.25, 0.3) is 0 Å². The normalized spacial score (nSPS) is 12.0. The summed E-state index contributed by atoms with van der Waals surface area (Å²) in [6.07, 6.45) is 1.43. The summed E-state index contributed by atoms with van der Waals surface area (Å²) < 4.78 is 26.1. The van der Waals surface area contributed by atoms with E-state index in [2.05, 4.69) is 15.2 Å². The fourth-order valence-corrected chi connectivity index (χ4v) is 2.81. The molecule has 0 radical (unpaired) electrons. The molecule has 0 saturated carbocycles. The molecule has 0 aliphatic heterocycles. The maximum absolute atomic E-state index is 11.4. The van der Waals surface area contributed by atoms with Gasteiger partial charge in [0, 0.05) is 7.05 Å². The second-order valence-corrected chi connectivity index (χ2v) is 5.50. The Kier molecular flexibility index (Phi) is 2.95. The zero-order valence-corrected chi connectivity index (χ0v) is 11.1. The molecule has 0 fully saturated rings. The van der Waals surface area contributed by atoms with Crippen molar-refractivity contribution in [1.29, 1.82) is 0 Å². The highest BCUT2D eigenvalue weighted by molar-refractivity contribution is 7.89. The summed E-state index contributed by atoms with van der Waals surface area (Å²) in [5.74, 6) is 0.682. The Balaban J connectivity index is 2.46. The quantitative estimate of drug-likeness (QED) is 0.795. The van der Waals surface area contributed by atoms with Gasteiger partial charge >= 0.3 is 0 Å². The molecular formula is C9H14N6O2S. The van der Waals surface area contributed by atoms with Crippen molar-refractivity contribution in [1.82, 2.24) is 24.5 Å². The molecule has 8 nitrogen and oxygen atoms in total. The molecule has 98 valence electrons. The topological polar surface area (TPSA) is 109 Å². The van der Waals surface area contributed by atoms with Gasteiger partial charge in [-0.15, -0.1) is 0 Å². The molecule has 0 unspecified atom stereocenters. The van der Waals surface area contributed by atoms with Gasteiger partial charge in [0.1, 0.15) is 23.6 Å². The number of rotatable bonds is 3. The molecule has 0 spiro atoms. The van der Waals surface area contributed by atoms with Gasteiger partial charge in [-0.25, -0.2) is 18.5 Å². The largest absolute Gasteiger partial charge is 0.261 e. The zero-order valence-electron chi connectivity index (χ0n) is 10.3. The molecule has 2 aromatic heterocycles. The maximum atomic E-state index is 11.4. The SMILES string of the molecule is Cc1nn(Cc2ncnn2C)c(C)c1S(N)(=O)=O. The Labute approximate surface area is 104 Å². The van der Waals surface area contributed by atoms with Crippen molar-refractivity contribution in [3.8, 4) is 0 Å². The lowest BCUT2D eigenvalue weighted by Crippen LogP contribution is -2.15. The number of nitrogens with two attached hydrogens (primary N) is 1. The highest BCUT2D eigenvalue weighted by Gasteiger charge is 2.21. The van der Waals surface area contributed by atoms with Crippen LogP contribution >= 0.6 is 0 Å². The average Bonchev–Trinajstić information content (AvgIpc) is 2.72. The van der Waals surface area contributed by atoms with E-state index in [1.807, 2.05) is 0 Å². The number of aromatic nitrogens is 5. The summed E-state index contributed by atoms with van der Waals surface area (Å²) in [7, 11) is -2.00. The Morgan fingerprint density at radius 2 is 2.06 bits per heavy atom. The first-order chi connectivity index (χ1) is 8.30. The molecule has 2 N–H and O–H groups in total. The molecule has 9 heteroatoms. The van der Waals surface area contributed by atoms with Gasteiger partial charge in [0.15, 0.2) is 0 Å². The van der Waals surface area contributed by atoms with Crippen LogP contribution in [0.1, 0.15) is 17.2 Å². The first-order valence-corrected chi connectivity index (χ1v) is 6.75. The molecule has 0 bridgehead atoms. The van der Waals surface area contributed by atoms with Crippen LogP contribution in [0.2, 0.25) is 0 Å². The molecule has 18 heavy (non-hydrogen) atoms. The average molecular weight is 270 g/mol. The van der Waals surface area contributed by atoms with Crippen molar-refractivity contribution >= 4 is 10.0 Å². The molecule has 0 amide bonds. The van der Waals surface area contributed by atoms with Crippen molar-refractivity contribution in [3.05, 3.63) is 23.5 Å². The van der Waals surface area contributed by atoms with Gasteiger partial charge in [-0.05, 0) is 13.8 Å². The van der Waals surface area contributed by atoms with Crippen molar-refractivity contribution in [2.45, 2.75) is 25.3 Å². The second kappa shape index (κ2) is 4.18. The van der Waals surface area contributed by atoms with E-state index in [0.717, 1.165) is 0 Å². The van der Waals surface area contributed by atoms with Crippen LogP contribution in [0.5, 0.6) is 0 Å². The van der Waals surface area contributed by atoms with Crippen LogP contribution in [-0.2, 0) is 23.6 Å². The van der Waals surface area contributed by atoms with Gasteiger partial charge in [0.25, 0.3) is 0 Å². The van der Waals surface area contributed by atoms with Gasteiger partial charge < -0.3 is 0 Å². The van der Waals surface area contributed by atoms with Gasteiger partial charge in [-0.3, -0.25) is 9.36 Å². The predicted octanol–water partition coefficient (Wildman–Crippen LogP) is -0.676. The number of primary sulfonamides is 1. The number of hydrogen-bond donors (Lipinski definition) is 1. The van der Waals surface area contributed by atoms with E-state index < -0.39 is 10.0 Å². The monoisotopic (exact) mass is 270 g/mol. The zero-order chi connectivity index (χ0) is 13.5. The third-order valence-corrected chi connectivity index (χ3v) is 3.86. The lowest BCUT2D eigenvalue weighted by atomic mass is 10.4. The molecule has 2 rings (SSSR count). The summed E-state index contributed by atoms with van der Waals surface area (Å²) >= 11 is 0. The van der Waals surface area contributed by atoms with Crippen molar-refractivity contribution in [2.24, 2.45) is 12.2 Å². The lowest BCUT2D eigenvalue weighted by Gasteiger charge is -2.04. The standard InChI is InChI=1S/C9H14N6O2S/c1-6-9(18(10,16)17)7(2)15(13-6)4-8-11-5-12-14(8)3/h5H,4H2,1-3H3,(H2,10,16,17). The summed E-state index contributed by atoms with van der Waals surface area (Å²) in [5, 5.41) is 13.3. The minimum atomic E-state index is -3.76. The van der Waals surface area contributed by atoms with Gasteiger partial charge in [-0.1, -0.05) is 0 Å². The molecule has 2 aromatic rings. The van der Waals surface area contributed by atoms with E-state index in [4.69, 9.17) is 5.14 Å². The van der Waals surface area contributed by atoms with Crippen LogP contribution in [0.15, 0.2) is 11.2 Å². The second-order valence-electron chi connectivity index (χ2n) is 4.00. The Morgan fingerprint density at radius 3 is 2.50 bits per heavy atom. The van der Waals surface area contributed by atoms with Gasteiger partial charge in [-0.2, -0.15) is 10.2 Å². The van der Waals surface area contributed by atoms with Gasteiger partial charge in [0.05, 0.1) is 11.4 Å². The van der Waals surface area contributed by atoms with E-state index in [1.165, 1.54) is 6.33 Å². The third kappa shape index (κ3) is 2.14. The first-order valence-electron chi connectivity index (χ1n) is 5.20. The van der Waals surface area contributed by atoms with Crippen LogP contribution in [-0.4, -0.2) is 33.0 Å². The molecule has 0 atom stereocenters.